The monoisotopic (exact) mass is 350 g/mol. The fourth-order valence-electron chi connectivity index (χ4n) is 2.08. The average molecular weight is 351 g/mol. The lowest BCUT2D eigenvalue weighted by Gasteiger charge is -2.37. The van der Waals surface area contributed by atoms with Gasteiger partial charge < -0.3 is 5.73 Å². The minimum Gasteiger partial charge on any atom is -0.327 e. The van der Waals surface area contributed by atoms with Crippen LogP contribution in [0.1, 0.15) is 12.8 Å². The molecule has 1 saturated heterocycles. The number of rotatable bonds is 2. The smallest absolute Gasteiger partial charge is 0.327 e. The fourth-order valence-corrected chi connectivity index (χ4v) is 4.90. The van der Waals surface area contributed by atoms with E-state index in [9.17, 15) is 21.6 Å². The van der Waals surface area contributed by atoms with Crippen LogP contribution in [0.15, 0.2) is 21.7 Å². The Morgan fingerprint density at radius 3 is 2.50 bits per heavy atom. The highest BCUT2D eigenvalue weighted by atomic mass is 35.5. The van der Waals surface area contributed by atoms with Crippen LogP contribution < -0.4 is 5.73 Å². The molecule has 1 aromatic rings. The van der Waals surface area contributed by atoms with Gasteiger partial charge in [-0.25, -0.2) is 8.42 Å². The lowest BCUT2D eigenvalue weighted by atomic mass is 10.0. The summed E-state index contributed by atoms with van der Waals surface area (Å²) in [6, 6.07) is 0.241. The first kappa shape index (κ1) is 17.7. The van der Waals surface area contributed by atoms with Gasteiger partial charge in [-0.2, -0.15) is 17.5 Å². The van der Waals surface area contributed by atoms with Gasteiger partial charge in [-0.15, -0.1) is 23.7 Å². The van der Waals surface area contributed by atoms with Gasteiger partial charge in [-0.3, -0.25) is 0 Å². The van der Waals surface area contributed by atoms with E-state index in [1.54, 1.807) is 0 Å². The standard InChI is InChI=1S/C10H13F3N2O2S2.ClH/c11-10(12,13)8-4-3-7(14)6-15(8)19(16,17)9-2-1-5-18-9;/h1-2,5,7-8H,3-4,6,14H2;1H. The number of nitrogens with two attached hydrogens (primary N) is 1. The van der Waals surface area contributed by atoms with Crippen molar-refractivity contribution < 1.29 is 21.6 Å². The summed E-state index contributed by atoms with van der Waals surface area (Å²) in [4.78, 5) is 0. The van der Waals surface area contributed by atoms with E-state index in [0.29, 0.717) is 4.31 Å². The maximum Gasteiger partial charge on any atom is 0.405 e. The molecule has 0 aliphatic carbocycles. The van der Waals surface area contributed by atoms with Gasteiger partial charge >= 0.3 is 6.18 Å². The molecule has 2 heterocycles. The summed E-state index contributed by atoms with van der Waals surface area (Å²) in [5.41, 5.74) is 5.61. The summed E-state index contributed by atoms with van der Waals surface area (Å²) in [6.07, 6.45) is -4.71. The van der Waals surface area contributed by atoms with Crippen molar-refractivity contribution >= 4 is 33.8 Å². The van der Waals surface area contributed by atoms with E-state index in [2.05, 4.69) is 0 Å². The molecule has 20 heavy (non-hydrogen) atoms. The summed E-state index contributed by atoms with van der Waals surface area (Å²) >= 11 is 0.900. The topological polar surface area (TPSA) is 63.4 Å². The first-order valence-electron chi connectivity index (χ1n) is 5.60. The zero-order valence-electron chi connectivity index (χ0n) is 10.2. The van der Waals surface area contributed by atoms with Crippen molar-refractivity contribution in [3.63, 3.8) is 0 Å². The Hall–Kier alpha value is -0.350. The Kier molecular flexibility index (Phi) is 5.47. The van der Waals surface area contributed by atoms with Crippen molar-refractivity contribution in [2.75, 3.05) is 6.54 Å². The molecule has 1 aromatic heterocycles. The van der Waals surface area contributed by atoms with E-state index in [1.807, 2.05) is 0 Å². The molecule has 2 rings (SSSR count). The third-order valence-electron chi connectivity index (χ3n) is 3.01. The van der Waals surface area contributed by atoms with Gasteiger partial charge in [0.05, 0.1) is 0 Å². The van der Waals surface area contributed by atoms with Crippen molar-refractivity contribution in [2.24, 2.45) is 5.73 Å². The van der Waals surface area contributed by atoms with Gasteiger partial charge in [-0.05, 0) is 24.3 Å². The Bertz CT molecular complexity index is 533. The maximum absolute atomic E-state index is 12.9. The summed E-state index contributed by atoms with van der Waals surface area (Å²) in [5.74, 6) is 0. The minimum atomic E-state index is -4.58. The van der Waals surface area contributed by atoms with Gasteiger partial charge in [-0.1, -0.05) is 6.07 Å². The molecule has 0 aromatic carbocycles. The second-order valence-corrected chi connectivity index (χ2v) is 7.47. The number of thiophene rings is 1. The second-order valence-electron chi connectivity index (χ2n) is 4.40. The van der Waals surface area contributed by atoms with Crippen LogP contribution >= 0.6 is 23.7 Å². The second kappa shape index (κ2) is 6.18. The van der Waals surface area contributed by atoms with Crippen LogP contribution in [0.2, 0.25) is 0 Å². The molecule has 1 aliphatic rings. The molecule has 0 bridgehead atoms. The molecule has 10 heteroatoms. The largest absolute Gasteiger partial charge is 0.405 e. The molecular weight excluding hydrogens is 337 g/mol. The van der Waals surface area contributed by atoms with E-state index >= 15 is 0 Å². The predicted octanol–water partition coefficient (Wildman–Crippen LogP) is 2.21. The molecular formula is C10H14ClF3N2O2S2. The lowest BCUT2D eigenvalue weighted by Crippen LogP contribution is -2.56. The zero-order chi connectivity index (χ0) is 14.3. The van der Waals surface area contributed by atoms with E-state index in [1.165, 1.54) is 17.5 Å². The average Bonchev–Trinajstić information content (AvgIpc) is 2.81. The van der Waals surface area contributed by atoms with Crippen molar-refractivity contribution in [3.8, 4) is 0 Å². The molecule has 0 spiro atoms. The van der Waals surface area contributed by atoms with Crippen molar-refractivity contribution in [2.45, 2.75) is 35.3 Å². The summed E-state index contributed by atoms with van der Waals surface area (Å²) in [5, 5.41) is 1.51. The van der Waals surface area contributed by atoms with Crippen LogP contribution in [-0.4, -0.2) is 37.5 Å². The van der Waals surface area contributed by atoms with Crippen LogP contribution in [0.5, 0.6) is 0 Å². The number of sulfonamides is 1. The van der Waals surface area contributed by atoms with Gasteiger partial charge in [0.1, 0.15) is 10.3 Å². The number of alkyl halides is 3. The minimum absolute atomic E-state index is 0. The molecule has 2 unspecified atom stereocenters. The first-order chi connectivity index (χ1) is 8.73. The third kappa shape index (κ3) is 3.45. The van der Waals surface area contributed by atoms with E-state index in [0.717, 1.165) is 11.3 Å². The van der Waals surface area contributed by atoms with Crippen LogP contribution in [-0.2, 0) is 10.0 Å². The van der Waals surface area contributed by atoms with Crippen LogP contribution in [0.4, 0.5) is 13.2 Å². The van der Waals surface area contributed by atoms with Gasteiger partial charge in [0, 0.05) is 12.6 Å². The Balaban J connectivity index is 0.00000200. The summed E-state index contributed by atoms with van der Waals surface area (Å²) in [6.45, 7) is -0.301. The highest BCUT2D eigenvalue weighted by Gasteiger charge is 2.50. The molecule has 4 nitrogen and oxygen atoms in total. The quantitative estimate of drug-likeness (QED) is 0.889. The highest BCUT2D eigenvalue weighted by molar-refractivity contribution is 7.91. The number of hydrogen-bond acceptors (Lipinski definition) is 4. The predicted molar refractivity (Wildman–Crippen MR) is 72.5 cm³/mol. The van der Waals surface area contributed by atoms with E-state index in [4.69, 9.17) is 5.73 Å². The van der Waals surface area contributed by atoms with Crippen molar-refractivity contribution in [3.05, 3.63) is 17.5 Å². The van der Waals surface area contributed by atoms with Crippen LogP contribution in [0.3, 0.4) is 0 Å². The molecule has 1 fully saturated rings. The number of nitrogens with zero attached hydrogens (tertiary/aromatic N) is 1. The van der Waals surface area contributed by atoms with E-state index < -0.39 is 28.3 Å². The Morgan fingerprint density at radius 1 is 1.35 bits per heavy atom. The van der Waals surface area contributed by atoms with Crippen LogP contribution in [0.25, 0.3) is 0 Å². The number of halogens is 4. The molecule has 2 N–H and O–H groups in total. The normalized spacial score (nSPS) is 25.2. The van der Waals surface area contributed by atoms with Crippen LogP contribution in [0, 0.1) is 0 Å². The molecule has 116 valence electrons. The summed E-state index contributed by atoms with van der Waals surface area (Å²) < 4.78 is 63.7. The Labute approximate surface area is 125 Å². The van der Waals surface area contributed by atoms with Gasteiger partial charge in [0.2, 0.25) is 0 Å². The van der Waals surface area contributed by atoms with Gasteiger partial charge in [0.15, 0.2) is 0 Å². The molecule has 0 amide bonds. The molecule has 0 radical (unpaired) electrons. The number of piperidine rings is 1. The SMILES string of the molecule is Cl.NC1CCC(C(F)(F)F)N(S(=O)(=O)c2cccs2)C1. The summed E-state index contributed by atoms with van der Waals surface area (Å²) in [7, 11) is -4.13. The highest BCUT2D eigenvalue weighted by Crippen LogP contribution is 2.35. The van der Waals surface area contributed by atoms with E-state index in [-0.39, 0.29) is 36.0 Å². The van der Waals surface area contributed by atoms with Crippen molar-refractivity contribution in [1.29, 1.82) is 0 Å². The van der Waals surface area contributed by atoms with Gasteiger partial charge in [0.25, 0.3) is 10.0 Å². The lowest BCUT2D eigenvalue weighted by molar-refractivity contribution is -0.178. The van der Waals surface area contributed by atoms with Crippen molar-refractivity contribution in [1.82, 2.24) is 4.31 Å². The zero-order valence-corrected chi connectivity index (χ0v) is 12.7. The maximum atomic E-state index is 12.9. The third-order valence-corrected chi connectivity index (χ3v) is 6.26. The number of hydrogen-bond donors (Lipinski definition) is 1. The first-order valence-corrected chi connectivity index (χ1v) is 7.92. The molecule has 0 saturated carbocycles. The Morgan fingerprint density at radius 2 is 2.00 bits per heavy atom. The molecule has 1 aliphatic heterocycles. The fraction of sp³-hybridized carbons (Fsp3) is 0.600. The molecule has 2 atom stereocenters.